The fourth-order valence-electron chi connectivity index (χ4n) is 1.83. The molecule has 0 saturated carbocycles. The third-order valence-corrected chi connectivity index (χ3v) is 3.04. The molecule has 0 aliphatic heterocycles. The summed E-state index contributed by atoms with van der Waals surface area (Å²) in [5.74, 6) is -0.128. The van der Waals surface area contributed by atoms with E-state index in [4.69, 9.17) is 0 Å². The smallest absolute Gasteiger partial charge is 0.310 e. The van der Waals surface area contributed by atoms with Crippen LogP contribution in [-0.2, 0) is 16.0 Å². The van der Waals surface area contributed by atoms with E-state index in [1.54, 1.807) is 20.8 Å². The molecule has 106 valence electrons. The van der Waals surface area contributed by atoms with Crippen LogP contribution in [-0.4, -0.2) is 38.0 Å². The maximum absolute atomic E-state index is 11.6. The first kappa shape index (κ1) is 13.9. The van der Waals surface area contributed by atoms with Gasteiger partial charge in [0.15, 0.2) is 0 Å². The van der Waals surface area contributed by atoms with Crippen LogP contribution in [0.4, 0.5) is 0 Å². The van der Waals surface area contributed by atoms with Crippen molar-refractivity contribution < 1.29 is 9.53 Å². The molecule has 1 N–H and O–H groups in total. The Morgan fingerprint density at radius 2 is 1.95 bits per heavy atom. The Hall–Kier alpha value is -2.51. The van der Waals surface area contributed by atoms with Gasteiger partial charge in [-0.3, -0.25) is 14.6 Å². The van der Waals surface area contributed by atoms with E-state index in [1.165, 1.54) is 11.8 Å². The highest BCUT2D eigenvalue weighted by Gasteiger charge is 2.17. The number of hydrogen-bond donors (Lipinski definition) is 1. The number of aromatic amines is 1. The van der Waals surface area contributed by atoms with Gasteiger partial charge in [-0.15, -0.1) is 10.2 Å². The van der Waals surface area contributed by atoms with Gasteiger partial charge in [-0.25, -0.2) is 4.68 Å². The Kier molecular flexibility index (Phi) is 3.64. The first-order valence-electron chi connectivity index (χ1n) is 6.00. The molecule has 0 aliphatic rings. The third-order valence-electron chi connectivity index (χ3n) is 3.04. The van der Waals surface area contributed by atoms with E-state index in [-0.39, 0.29) is 29.6 Å². The predicted molar refractivity (Wildman–Crippen MR) is 69.7 cm³/mol. The van der Waals surface area contributed by atoms with Crippen molar-refractivity contribution in [1.82, 2.24) is 25.0 Å². The molecule has 20 heavy (non-hydrogen) atoms. The van der Waals surface area contributed by atoms with Crippen LogP contribution in [0.2, 0.25) is 0 Å². The summed E-state index contributed by atoms with van der Waals surface area (Å²) in [6.45, 7) is 5.14. The summed E-state index contributed by atoms with van der Waals surface area (Å²) in [7, 11) is 1.33. The van der Waals surface area contributed by atoms with Crippen molar-refractivity contribution in [3.63, 3.8) is 0 Å². The molecule has 0 amide bonds. The van der Waals surface area contributed by atoms with Crippen LogP contribution in [0.1, 0.15) is 22.6 Å². The lowest BCUT2D eigenvalue weighted by Gasteiger charge is -2.03. The molecule has 0 aliphatic carbocycles. The standard InChI is InChI=1S/C12H15N5O3/c1-6-9(5-10(18)20-4)8(3)17(16-6)12-13-11(19)7(2)14-15-12/h5H2,1-4H3,(H,13,15,19). The number of carbonyl (C=O) groups excluding carboxylic acids is 1. The summed E-state index contributed by atoms with van der Waals surface area (Å²) in [5.41, 5.74) is 2.10. The lowest BCUT2D eigenvalue weighted by atomic mass is 10.1. The van der Waals surface area contributed by atoms with Gasteiger partial charge >= 0.3 is 5.97 Å². The van der Waals surface area contributed by atoms with Crippen LogP contribution in [0.3, 0.4) is 0 Å². The zero-order valence-corrected chi connectivity index (χ0v) is 11.7. The first-order valence-corrected chi connectivity index (χ1v) is 6.00. The minimum Gasteiger partial charge on any atom is -0.469 e. The van der Waals surface area contributed by atoms with Crippen molar-refractivity contribution in [2.45, 2.75) is 27.2 Å². The number of aryl methyl sites for hydroxylation is 2. The van der Waals surface area contributed by atoms with E-state index in [2.05, 4.69) is 25.0 Å². The van der Waals surface area contributed by atoms with E-state index in [1.807, 2.05) is 0 Å². The normalized spacial score (nSPS) is 10.6. The van der Waals surface area contributed by atoms with Crippen LogP contribution < -0.4 is 5.56 Å². The van der Waals surface area contributed by atoms with Crippen LogP contribution in [0.25, 0.3) is 5.95 Å². The Labute approximate surface area is 114 Å². The van der Waals surface area contributed by atoms with Crippen molar-refractivity contribution in [3.8, 4) is 5.95 Å². The second-order valence-electron chi connectivity index (χ2n) is 4.38. The molecule has 2 rings (SSSR count). The molecule has 0 spiro atoms. The largest absolute Gasteiger partial charge is 0.469 e. The molecule has 0 atom stereocenters. The Morgan fingerprint density at radius 1 is 1.25 bits per heavy atom. The van der Waals surface area contributed by atoms with Gasteiger partial charge in [0.1, 0.15) is 5.69 Å². The quantitative estimate of drug-likeness (QED) is 0.792. The van der Waals surface area contributed by atoms with Crippen LogP contribution in [0, 0.1) is 20.8 Å². The maximum Gasteiger partial charge on any atom is 0.310 e. The van der Waals surface area contributed by atoms with Gasteiger partial charge in [0, 0.05) is 11.3 Å². The molecule has 0 bridgehead atoms. The molecule has 0 saturated heterocycles. The Balaban J connectivity index is 2.48. The highest BCUT2D eigenvalue weighted by atomic mass is 16.5. The van der Waals surface area contributed by atoms with E-state index in [0.29, 0.717) is 11.4 Å². The lowest BCUT2D eigenvalue weighted by molar-refractivity contribution is -0.139. The van der Waals surface area contributed by atoms with Gasteiger partial charge in [-0.2, -0.15) is 5.10 Å². The monoisotopic (exact) mass is 277 g/mol. The fraction of sp³-hybridized carbons (Fsp3) is 0.417. The van der Waals surface area contributed by atoms with Gasteiger partial charge in [0.2, 0.25) is 0 Å². The van der Waals surface area contributed by atoms with Crippen molar-refractivity contribution in [2.24, 2.45) is 0 Å². The van der Waals surface area contributed by atoms with Gasteiger partial charge in [0.05, 0.1) is 19.2 Å². The summed E-state index contributed by atoms with van der Waals surface area (Å²) < 4.78 is 6.11. The molecule has 2 aromatic rings. The third kappa shape index (κ3) is 2.44. The van der Waals surface area contributed by atoms with Crippen LogP contribution in [0.15, 0.2) is 4.79 Å². The van der Waals surface area contributed by atoms with Gasteiger partial charge < -0.3 is 4.74 Å². The van der Waals surface area contributed by atoms with Crippen molar-refractivity contribution in [2.75, 3.05) is 7.11 Å². The zero-order valence-electron chi connectivity index (χ0n) is 11.7. The number of hydrogen-bond acceptors (Lipinski definition) is 6. The summed E-state index contributed by atoms with van der Waals surface area (Å²) in [6.07, 6.45) is 0.123. The van der Waals surface area contributed by atoms with Gasteiger partial charge in [0.25, 0.3) is 11.5 Å². The van der Waals surface area contributed by atoms with E-state index < -0.39 is 0 Å². The zero-order chi connectivity index (χ0) is 14.9. The average Bonchev–Trinajstić information content (AvgIpc) is 2.69. The molecule has 8 nitrogen and oxygen atoms in total. The molecule has 0 radical (unpaired) electrons. The van der Waals surface area contributed by atoms with E-state index in [9.17, 15) is 9.59 Å². The number of esters is 1. The lowest BCUT2D eigenvalue weighted by Crippen LogP contribution is -2.18. The molecular formula is C12H15N5O3. The number of carbonyl (C=O) groups is 1. The first-order chi connectivity index (χ1) is 9.43. The van der Waals surface area contributed by atoms with Crippen LogP contribution >= 0.6 is 0 Å². The molecule has 0 unspecified atom stereocenters. The van der Waals surface area contributed by atoms with Crippen LogP contribution in [0.5, 0.6) is 0 Å². The summed E-state index contributed by atoms with van der Waals surface area (Å²) in [6, 6.07) is 0. The number of nitrogens with one attached hydrogen (secondary N) is 1. The van der Waals surface area contributed by atoms with E-state index >= 15 is 0 Å². The molecule has 8 heteroatoms. The number of aromatic nitrogens is 5. The second-order valence-corrected chi connectivity index (χ2v) is 4.38. The minimum atomic E-state index is -0.348. The summed E-state index contributed by atoms with van der Waals surface area (Å²) in [4.78, 5) is 25.5. The molecule has 0 aromatic carbocycles. The van der Waals surface area contributed by atoms with E-state index in [0.717, 1.165) is 5.56 Å². The Morgan fingerprint density at radius 3 is 2.55 bits per heavy atom. The van der Waals surface area contributed by atoms with Crippen molar-refractivity contribution in [3.05, 3.63) is 33.0 Å². The van der Waals surface area contributed by atoms with Crippen molar-refractivity contribution in [1.29, 1.82) is 0 Å². The number of methoxy groups -OCH3 is 1. The highest BCUT2D eigenvalue weighted by Crippen LogP contribution is 2.16. The number of ether oxygens (including phenoxy) is 1. The molecule has 2 heterocycles. The van der Waals surface area contributed by atoms with Gasteiger partial charge in [-0.1, -0.05) is 0 Å². The molecule has 0 fully saturated rings. The fourth-order valence-corrected chi connectivity index (χ4v) is 1.83. The highest BCUT2D eigenvalue weighted by molar-refractivity contribution is 5.73. The molecular weight excluding hydrogens is 262 g/mol. The minimum absolute atomic E-state index is 0.123. The van der Waals surface area contributed by atoms with Gasteiger partial charge in [-0.05, 0) is 20.8 Å². The Bertz CT molecular complexity index is 716. The summed E-state index contributed by atoms with van der Waals surface area (Å²) in [5, 5.41) is 11.9. The predicted octanol–water partition coefficient (Wildman–Crippen LogP) is -0.00864. The summed E-state index contributed by atoms with van der Waals surface area (Å²) >= 11 is 0. The average molecular weight is 277 g/mol. The second kappa shape index (κ2) is 5.24. The molecule has 2 aromatic heterocycles. The van der Waals surface area contributed by atoms with Crippen molar-refractivity contribution >= 4 is 5.97 Å². The maximum atomic E-state index is 11.6. The SMILES string of the molecule is COC(=O)Cc1c(C)nn(-c2nnc(C)c(=O)[nH]2)c1C. The number of H-pyrrole nitrogens is 1. The number of rotatable bonds is 3. The topological polar surface area (TPSA) is 103 Å². The number of nitrogens with zero attached hydrogens (tertiary/aromatic N) is 4.